The first kappa shape index (κ1) is 20.7. The molecular formula is C24H30N2O4. The van der Waals surface area contributed by atoms with Gasteiger partial charge in [-0.25, -0.2) is 0 Å². The smallest absolute Gasteiger partial charge is 0.246 e. The maximum Gasteiger partial charge on any atom is 0.246 e. The molecule has 0 saturated carbocycles. The average molecular weight is 411 g/mol. The fourth-order valence-electron chi connectivity index (χ4n) is 4.58. The van der Waals surface area contributed by atoms with Crippen molar-refractivity contribution in [3.8, 4) is 11.5 Å². The van der Waals surface area contributed by atoms with Crippen LogP contribution in [0.1, 0.15) is 29.5 Å². The largest absolute Gasteiger partial charge is 0.493 e. The molecule has 0 aliphatic carbocycles. The lowest BCUT2D eigenvalue weighted by Crippen LogP contribution is -2.42. The number of aryl methyl sites for hydroxylation is 1. The third kappa shape index (κ3) is 4.16. The number of carbonyl (C=O) groups is 1. The quantitative estimate of drug-likeness (QED) is 0.794. The van der Waals surface area contributed by atoms with Gasteiger partial charge in [-0.15, -0.1) is 0 Å². The lowest BCUT2D eigenvalue weighted by Gasteiger charge is -2.27. The molecule has 2 fully saturated rings. The van der Waals surface area contributed by atoms with Gasteiger partial charge in [0.25, 0.3) is 0 Å². The zero-order valence-corrected chi connectivity index (χ0v) is 17.9. The van der Waals surface area contributed by atoms with Gasteiger partial charge in [-0.1, -0.05) is 30.3 Å². The number of benzene rings is 2. The maximum absolute atomic E-state index is 12.0. The van der Waals surface area contributed by atoms with Gasteiger partial charge in [0.2, 0.25) is 5.91 Å². The molecule has 1 amide bonds. The second-order valence-electron chi connectivity index (χ2n) is 7.96. The van der Waals surface area contributed by atoms with E-state index >= 15 is 0 Å². The van der Waals surface area contributed by atoms with Crippen LogP contribution in [0.3, 0.4) is 0 Å². The van der Waals surface area contributed by atoms with Crippen molar-refractivity contribution in [2.24, 2.45) is 0 Å². The molecule has 160 valence electrons. The van der Waals surface area contributed by atoms with E-state index in [1.165, 1.54) is 11.1 Å². The molecule has 1 N–H and O–H groups in total. The molecule has 6 heteroatoms. The molecule has 2 aliphatic heterocycles. The van der Waals surface area contributed by atoms with Gasteiger partial charge in [0, 0.05) is 25.6 Å². The molecule has 4 rings (SSSR count). The zero-order valence-electron chi connectivity index (χ0n) is 17.9. The molecule has 2 aromatic rings. The highest BCUT2D eigenvalue weighted by Crippen LogP contribution is 2.37. The van der Waals surface area contributed by atoms with E-state index in [4.69, 9.17) is 14.2 Å². The van der Waals surface area contributed by atoms with Crippen molar-refractivity contribution in [3.63, 3.8) is 0 Å². The third-order valence-electron chi connectivity index (χ3n) is 6.11. The van der Waals surface area contributed by atoms with Gasteiger partial charge in [-0.2, -0.15) is 0 Å². The van der Waals surface area contributed by atoms with E-state index in [2.05, 4.69) is 47.5 Å². The van der Waals surface area contributed by atoms with Gasteiger partial charge >= 0.3 is 0 Å². The van der Waals surface area contributed by atoms with Crippen LogP contribution in [0.5, 0.6) is 11.5 Å². The summed E-state index contributed by atoms with van der Waals surface area (Å²) in [5, 5.41) is 3.02. The summed E-state index contributed by atoms with van der Waals surface area (Å²) >= 11 is 0. The Balaban J connectivity index is 1.63. The molecule has 0 radical (unpaired) electrons. The monoisotopic (exact) mass is 410 g/mol. The summed E-state index contributed by atoms with van der Waals surface area (Å²) in [6.45, 7) is 7.02. The Morgan fingerprint density at radius 1 is 1.20 bits per heavy atom. The maximum atomic E-state index is 12.0. The number of carbonyl (C=O) groups excluding carboxylic acids is 1. The van der Waals surface area contributed by atoms with Gasteiger partial charge < -0.3 is 19.5 Å². The Morgan fingerprint density at radius 3 is 2.73 bits per heavy atom. The lowest BCUT2D eigenvalue weighted by molar-refractivity contribution is -0.125. The molecule has 30 heavy (non-hydrogen) atoms. The van der Waals surface area contributed by atoms with E-state index in [-0.39, 0.29) is 30.6 Å². The lowest BCUT2D eigenvalue weighted by atomic mass is 9.93. The summed E-state index contributed by atoms with van der Waals surface area (Å²) < 4.78 is 17.4. The van der Waals surface area contributed by atoms with Gasteiger partial charge in [-0.05, 0) is 42.7 Å². The number of fused-ring (bicyclic) bond motifs is 1. The number of methoxy groups -OCH3 is 1. The summed E-state index contributed by atoms with van der Waals surface area (Å²) in [5.74, 6) is 1.70. The highest BCUT2D eigenvalue weighted by atomic mass is 16.5. The highest BCUT2D eigenvalue weighted by molar-refractivity contribution is 5.77. The number of amides is 1. The van der Waals surface area contributed by atoms with Crippen LogP contribution in [0.25, 0.3) is 0 Å². The van der Waals surface area contributed by atoms with Gasteiger partial charge in [-0.3, -0.25) is 9.69 Å². The van der Waals surface area contributed by atoms with Crippen LogP contribution >= 0.6 is 0 Å². The SMILES string of the molecule is CCOc1cc(CN2C[C@H](c3ccccc3)[C@H]3OCC(=O)NC[C@H]32)c(C)cc1OC. The van der Waals surface area contributed by atoms with Crippen LogP contribution < -0.4 is 14.8 Å². The van der Waals surface area contributed by atoms with Crippen molar-refractivity contribution in [2.75, 3.05) is 33.4 Å². The van der Waals surface area contributed by atoms with Gasteiger partial charge in [0.1, 0.15) is 6.61 Å². The number of hydrogen-bond donors (Lipinski definition) is 1. The van der Waals surface area contributed by atoms with E-state index in [9.17, 15) is 4.79 Å². The predicted molar refractivity (Wildman–Crippen MR) is 115 cm³/mol. The number of hydrogen-bond acceptors (Lipinski definition) is 5. The molecule has 0 bridgehead atoms. The van der Waals surface area contributed by atoms with Crippen LogP contribution in [0, 0.1) is 6.92 Å². The molecule has 0 spiro atoms. The first-order valence-electron chi connectivity index (χ1n) is 10.6. The average Bonchev–Trinajstić information content (AvgIpc) is 2.98. The van der Waals surface area contributed by atoms with E-state index in [0.717, 1.165) is 30.2 Å². The van der Waals surface area contributed by atoms with Gasteiger partial charge in [0.15, 0.2) is 11.5 Å². The molecule has 0 unspecified atom stereocenters. The van der Waals surface area contributed by atoms with Crippen LogP contribution in [0.4, 0.5) is 0 Å². The standard InChI is InChI=1S/C24H30N2O4/c1-4-29-22-11-18(16(2)10-21(22)28-3)13-26-14-19(17-8-6-5-7-9-17)24-20(26)12-25-23(27)15-30-24/h5-11,19-20,24H,4,12-15H2,1-3H3,(H,25,27)/t19-,20-,24-/m1/s1. The second-order valence-corrected chi connectivity index (χ2v) is 7.96. The topological polar surface area (TPSA) is 60.0 Å². The Bertz CT molecular complexity index is 886. The number of likely N-dealkylation sites (tertiary alicyclic amines) is 1. The summed E-state index contributed by atoms with van der Waals surface area (Å²) in [5.41, 5.74) is 3.61. The summed E-state index contributed by atoms with van der Waals surface area (Å²) in [6, 6.07) is 14.7. The molecular weight excluding hydrogens is 380 g/mol. The third-order valence-corrected chi connectivity index (χ3v) is 6.11. The minimum absolute atomic E-state index is 0.0173. The second kappa shape index (κ2) is 9.06. The first-order valence-corrected chi connectivity index (χ1v) is 10.6. The number of nitrogens with zero attached hydrogens (tertiary/aromatic N) is 1. The Morgan fingerprint density at radius 2 is 2.00 bits per heavy atom. The van der Waals surface area contributed by atoms with E-state index < -0.39 is 0 Å². The predicted octanol–water partition coefficient (Wildman–Crippen LogP) is 2.89. The summed E-state index contributed by atoms with van der Waals surface area (Å²) in [6.07, 6.45) is -0.0173. The fraction of sp³-hybridized carbons (Fsp3) is 0.458. The van der Waals surface area contributed by atoms with Crippen LogP contribution in [-0.4, -0.2) is 56.4 Å². The van der Waals surface area contributed by atoms with Crippen molar-refractivity contribution in [2.45, 2.75) is 38.5 Å². The van der Waals surface area contributed by atoms with Crippen LogP contribution in [0.15, 0.2) is 42.5 Å². The molecule has 2 heterocycles. The van der Waals surface area contributed by atoms with E-state index in [1.807, 2.05) is 19.1 Å². The molecule has 6 nitrogen and oxygen atoms in total. The Labute approximate surface area is 178 Å². The van der Waals surface area contributed by atoms with Crippen molar-refractivity contribution >= 4 is 5.91 Å². The van der Waals surface area contributed by atoms with Crippen LogP contribution in [-0.2, 0) is 16.1 Å². The molecule has 3 atom stereocenters. The highest BCUT2D eigenvalue weighted by Gasteiger charge is 2.44. The number of ether oxygens (including phenoxy) is 3. The minimum Gasteiger partial charge on any atom is -0.493 e. The summed E-state index contributed by atoms with van der Waals surface area (Å²) in [4.78, 5) is 14.4. The zero-order chi connectivity index (χ0) is 21.1. The minimum atomic E-state index is -0.0459. The number of nitrogens with one attached hydrogen (secondary N) is 1. The molecule has 0 aromatic heterocycles. The Kier molecular flexibility index (Phi) is 6.25. The summed E-state index contributed by atoms with van der Waals surface area (Å²) in [7, 11) is 1.66. The van der Waals surface area contributed by atoms with Crippen LogP contribution in [0.2, 0.25) is 0 Å². The van der Waals surface area contributed by atoms with E-state index in [1.54, 1.807) is 7.11 Å². The first-order chi connectivity index (χ1) is 14.6. The molecule has 2 aromatic carbocycles. The van der Waals surface area contributed by atoms with Crippen molar-refractivity contribution < 1.29 is 19.0 Å². The fourth-order valence-corrected chi connectivity index (χ4v) is 4.58. The number of rotatable bonds is 6. The van der Waals surface area contributed by atoms with Crippen molar-refractivity contribution in [1.29, 1.82) is 0 Å². The molecule has 2 saturated heterocycles. The normalized spacial score (nSPS) is 24.1. The van der Waals surface area contributed by atoms with Crippen molar-refractivity contribution in [1.82, 2.24) is 10.2 Å². The molecule has 2 aliphatic rings. The Hall–Kier alpha value is -2.57. The van der Waals surface area contributed by atoms with E-state index in [0.29, 0.717) is 13.2 Å². The van der Waals surface area contributed by atoms with Crippen molar-refractivity contribution in [3.05, 3.63) is 59.2 Å². The van der Waals surface area contributed by atoms with Gasteiger partial charge in [0.05, 0.1) is 25.9 Å².